The molecule has 0 unspecified atom stereocenters. The summed E-state index contributed by atoms with van der Waals surface area (Å²) in [6, 6.07) is 8.94. The summed E-state index contributed by atoms with van der Waals surface area (Å²) in [5.74, 6) is 0.273. The van der Waals surface area contributed by atoms with Crippen molar-refractivity contribution >= 4 is 23.3 Å². The number of amides is 2. The van der Waals surface area contributed by atoms with Gasteiger partial charge in [-0.2, -0.15) is 4.98 Å². The third-order valence-corrected chi connectivity index (χ3v) is 5.24. The number of hydrogen-bond acceptors (Lipinski definition) is 7. The van der Waals surface area contributed by atoms with Gasteiger partial charge in [0.25, 0.3) is 17.6 Å². The zero-order valence-electron chi connectivity index (χ0n) is 16.4. The van der Waals surface area contributed by atoms with Gasteiger partial charge in [0.1, 0.15) is 5.75 Å². The number of para-hydroxylation sites is 2. The molecule has 1 saturated heterocycles. The normalized spacial score (nSPS) is 18.8. The van der Waals surface area contributed by atoms with Crippen LogP contribution in [-0.2, 0) is 9.53 Å². The molecule has 0 bridgehead atoms. The molecular formula is C20H20N6O4. The SMILES string of the molecule is Cc1ccnc2nc(C(=O)N3C[C@H](C(=O)N4CCOCC4)Oc4ccccc43)nn12. The van der Waals surface area contributed by atoms with Crippen LogP contribution in [0.25, 0.3) is 5.78 Å². The van der Waals surface area contributed by atoms with E-state index >= 15 is 0 Å². The van der Waals surface area contributed by atoms with Crippen molar-refractivity contribution in [2.75, 3.05) is 37.7 Å². The Bertz CT molecular complexity index is 1120. The Kier molecular flexibility index (Phi) is 4.55. The molecule has 1 fully saturated rings. The number of fused-ring (bicyclic) bond motifs is 2. The molecule has 154 valence electrons. The molecule has 0 N–H and O–H groups in total. The van der Waals surface area contributed by atoms with E-state index in [4.69, 9.17) is 9.47 Å². The number of aryl methyl sites for hydroxylation is 1. The van der Waals surface area contributed by atoms with E-state index in [1.165, 1.54) is 9.42 Å². The van der Waals surface area contributed by atoms with Crippen LogP contribution in [-0.4, -0.2) is 75.2 Å². The lowest BCUT2D eigenvalue weighted by Gasteiger charge is -2.36. The number of morpholine rings is 1. The average Bonchev–Trinajstić information content (AvgIpc) is 3.24. The van der Waals surface area contributed by atoms with Gasteiger partial charge in [0.2, 0.25) is 5.82 Å². The van der Waals surface area contributed by atoms with Crippen LogP contribution in [0.15, 0.2) is 36.5 Å². The maximum atomic E-state index is 13.3. The van der Waals surface area contributed by atoms with E-state index in [1.54, 1.807) is 35.4 Å². The molecule has 1 atom stereocenters. The van der Waals surface area contributed by atoms with Gasteiger partial charge in [-0.3, -0.25) is 14.5 Å². The van der Waals surface area contributed by atoms with E-state index in [9.17, 15) is 9.59 Å². The first kappa shape index (κ1) is 18.5. The van der Waals surface area contributed by atoms with Gasteiger partial charge in [0.15, 0.2) is 6.10 Å². The zero-order valence-corrected chi connectivity index (χ0v) is 16.4. The van der Waals surface area contributed by atoms with Gasteiger partial charge < -0.3 is 14.4 Å². The van der Waals surface area contributed by atoms with Crippen molar-refractivity contribution in [2.45, 2.75) is 13.0 Å². The lowest BCUT2D eigenvalue weighted by molar-refractivity contribution is -0.142. The number of anilines is 1. The summed E-state index contributed by atoms with van der Waals surface area (Å²) in [7, 11) is 0. The highest BCUT2D eigenvalue weighted by Gasteiger charge is 2.37. The standard InChI is InChI=1S/C20H20N6O4/c1-13-6-7-21-20-22-17(23-26(13)20)19(28)25-12-16(18(27)24-8-10-29-11-9-24)30-15-5-3-2-4-14(15)25/h2-7,16H,8-12H2,1H3/t16-/m1/s1. The number of nitrogens with zero attached hydrogens (tertiary/aromatic N) is 6. The van der Waals surface area contributed by atoms with Gasteiger partial charge in [0.05, 0.1) is 25.4 Å². The minimum Gasteiger partial charge on any atom is -0.476 e. The summed E-state index contributed by atoms with van der Waals surface area (Å²) in [4.78, 5) is 38.0. The topological polar surface area (TPSA) is 102 Å². The zero-order chi connectivity index (χ0) is 20.7. The van der Waals surface area contributed by atoms with Crippen LogP contribution < -0.4 is 9.64 Å². The van der Waals surface area contributed by atoms with Crippen molar-refractivity contribution in [3.05, 3.63) is 48.0 Å². The Hall–Kier alpha value is -3.53. The number of benzene rings is 1. The molecular weight excluding hydrogens is 388 g/mol. The van der Waals surface area contributed by atoms with Gasteiger partial charge >= 0.3 is 0 Å². The van der Waals surface area contributed by atoms with Gasteiger partial charge in [0, 0.05) is 25.0 Å². The maximum Gasteiger partial charge on any atom is 0.298 e. The summed E-state index contributed by atoms with van der Waals surface area (Å²) in [6.07, 6.45) is 0.813. The van der Waals surface area contributed by atoms with E-state index in [-0.39, 0.29) is 18.3 Å². The number of carbonyl (C=O) groups excluding carboxylic acids is 2. The van der Waals surface area contributed by atoms with Gasteiger partial charge in [-0.25, -0.2) is 9.50 Å². The Labute approximate surface area is 172 Å². The molecule has 2 aliphatic heterocycles. The lowest BCUT2D eigenvalue weighted by atomic mass is 10.1. The largest absolute Gasteiger partial charge is 0.476 e. The van der Waals surface area contributed by atoms with Gasteiger partial charge in [-0.15, -0.1) is 5.10 Å². The Morgan fingerprint density at radius 3 is 2.73 bits per heavy atom. The van der Waals surface area contributed by atoms with Crippen LogP contribution in [0.1, 0.15) is 16.3 Å². The maximum absolute atomic E-state index is 13.3. The fourth-order valence-electron chi connectivity index (χ4n) is 3.66. The van der Waals surface area contributed by atoms with E-state index in [0.717, 1.165) is 5.69 Å². The van der Waals surface area contributed by atoms with Crippen LogP contribution in [0.5, 0.6) is 5.75 Å². The predicted molar refractivity (Wildman–Crippen MR) is 105 cm³/mol. The first-order chi connectivity index (χ1) is 14.6. The van der Waals surface area contributed by atoms with E-state index in [0.29, 0.717) is 43.5 Å². The molecule has 10 nitrogen and oxygen atoms in total. The fraction of sp³-hybridized carbons (Fsp3) is 0.350. The third-order valence-electron chi connectivity index (χ3n) is 5.24. The Balaban J connectivity index is 1.48. The minimum atomic E-state index is -0.807. The number of hydrogen-bond donors (Lipinski definition) is 0. The minimum absolute atomic E-state index is 0.0195. The van der Waals surface area contributed by atoms with Crippen LogP contribution in [0.4, 0.5) is 5.69 Å². The second kappa shape index (κ2) is 7.38. The summed E-state index contributed by atoms with van der Waals surface area (Å²) in [5.41, 5.74) is 1.39. The highest BCUT2D eigenvalue weighted by atomic mass is 16.5. The highest BCUT2D eigenvalue weighted by molar-refractivity contribution is 6.05. The highest BCUT2D eigenvalue weighted by Crippen LogP contribution is 2.34. The molecule has 2 amide bonds. The summed E-state index contributed by atoms with van der Waals surface area (Å²) < 4.78 is 12.8. The van der Waals surface area contributed by atoms with Crippen molar-refractivity contribution in [2.24, 2.45) is 0 Å². The predicted octanol–water partition coefficient (Wildman–Crippen LogP) is 0.699. The average molecular weight is 408 g/mol. The third kappa shape index (κ3) is 3.14. The fourth-order valence-corrected chi connectivity index (χ4v) is 3.66. The Morgan fingerprint density at radius 2 is 1.93 bits per heavy atom. The molecule has 2 aliphatic rings. The molecule has 5 rings (SSSR count). The molecule has 4 heterocycles. The molecule has 0 saturated carbocycles. The monoisotopic (exact) mass is 408 g/mol. The molecule has 3 aromatic rings. The summed E-state index contributed by atoms with van der Waals surface area (Å²) in [5, 5.41) is 4.32. The van der Waals surface area contributed by atoms with Crippen LogP contribution >= 0.6 is 0 Å². The van der Waals surface area contributed by atoms with Gasteiger partial charge in [-0.1, -0.05) is 12.1 Å². The number of ether oxygens (including phenoxy) is 2. The van der Waals surface area contributed by atoms with E-state index in [2.05, 4.69) is 15.1 Å². The van der Waals surface area contributed by atoms with Gasteiger partial charge in [-0.05, 0) is 25.1 Å². The van der Waals surface area contributed by atoms with Crippen molar-refractivity contribution in [1.82, 2.24) is 24.5 Å². The first-order valence-corrected chi connectivity index (χ1v) is 9.74. The van der Waals surface area contributed by atoms with Crippen LogP contribution in [0, 0.1) is 6.92 Å². The second-order valence-electron chi connectivity index (χ2n) is 7.16. The summed E-state index contributed by atoms with van der Waals surface area (Å²) >= 11 is 0. The number of rotatable bonds is 2. The summed E-state index contributed by atoms with van der Waals surface area (Å²) in [6.45, 7) is 3.94. The second-order valence-corrected chi connectivity index (χ2v) is 7.16. The lowest BCUT2D eigenvalue weighted by Crippen LogP contribution is -2.54. The smallest absolute Gasteiger partial charge is 0.298 e. The van der Waals surface area contributed by atoms with Crippen LogP contribution in [0.3, 0.4) is 0 Å². The molecule has 1 aromatic carbocycles. The molecule has 30 heavy (non-hydrogen) atoms. The number of carbonyl (C=O) groups is 2. The van der Waals surface area contributed by atoms with E-state index in [1.807, 2.05) is 13.0 Å². The van der Waals surface area contributed by atoms with Crippen LogP contribution in [0.2, 0.25) is 0 Å². The van der Waals surface area contributed by atoms with E-state index < -0.39 is 12.0 Å². The first-order valence-electron chi connectivity index (χ1n) is 9.74. The molecule has 0 aliphatic carbocycles. The number of aromatic nitrogens is 4. The van der Waals surface area contributed by atoms with Crippen molar-refractivity contribution < 1.29 is 19.1 Å². The molecule has 0 spiro atoms. The van der Waals surface area contributed by atoms with Crippen molar-refractivity contribution in [1.29, 1.82) is 0 Å². The van der Waals surface area contributed by atoms with Crippen molar-refractivity contribution in [3.8, 4) is 5.75 Å². The molecule has 10 heteroatoms. The Morgan fingerprint density at radius 1 is 1.13 bits per heavy atom. The quantitative estimate of drug-likeness (QED) is 0.615. The molecule has 2 aromatic heterocycles. The van der Waals surface area contributed by atoms with Crippen molar-refractivity contribution in [3.63, 3.8) is 0 Å². The molecule has 0 radical (unpaired) electrons.